The highest BCUT2D eigenvalue weighted by Crippen LogP contribution is 2.51. The number of furan rings is 1. The molecule has 0 unspecified atom stereocenters. The summed E-state index contributed by atoms with van der Waals surface area (Å²) in [6.45, 7) is 6.88. The smallest absolute Gasteiger partial charge is 0.137 e. The number of benzene rings is 7. The molecule has 3 nitrogen and oxygen atoms in total. The SMILES string of the molecule is CC(C)(C)c1cc(N(c2ccccc2)c2ccccc2)c(-c2ccccc2)c(N(c2ccccc2)c2ccc3c(c2)oc2ccccc23)c1. The summed E-state index contributed by atoms with van der Waals surface area (Å²) in [5.74, 6) is 0. The Morgan fingerprint density at radius 3 is 1.39 bits per heavy atom. The molecule has 0 aliphatic heterocycles. The molecule has 0 spiro atoms. The summed E-state index contributed by atoms with van der Waals surface area (Å²) in [6, 6.07) is 62.5. The molecular weight excluding hydrogens is 597 g/mol. The van der Waals surface area contributed by atoms with Crippen LogP contribution in [-0.2, 0) is 5.41 Å². The van der Waals surface area contributed by atoms with Crippen LogP contribution in [0.2, 0.25) is 0 Å². The maximum atomic E-state index is 6.45. The summed E-state index contributed by atoms with van der Waals surface area (Å²) in [5, 5.41) is 2.23. The molecule has 49 heavy (non-hydrogen) atoms. The summed E-state index contributed by atoms with van der Waals surface area (Å²) < 4.78 is 6.45. The molecule has 0 aliphatic rings. The van der Waals surface area contributed by atoms with Gasteiger partial charge < -0.3 is 14.2 Å². The molecular formula is C46H38N2O. The van der Waals surface area contributed by atoms with Crippen molar-refractivity contribution in [1.82, 2.24) is 0 Å². The zero-order valence-electron chi connectivity index (χ0n) is 28.0. The van der Waals surface area contributed by atoms with Crippen molar-refractivity contribution < 1.29 is 4.42 Å². The quantitative estimate of drug-likeness (QED) is 0.174. The fraction of sp³-hybridized carbons (Fsp3) is 0.0870. The fourth-order valence-electron chi connectivity index (χ4n) is 6.74. The van der Waals surface area contributed by atoms with Gasteiger partial charge in [0.25, 0.3) is 0 Å². The minimum absolute atomic E-state index is 0.136. The molecule has 0 aliphatic carbocycles. The highest BCUT2D eigenvalue weighted by atomic mass is 16.3. The van der Waals surface area contributed by atoms with Gasteiger partial charge in [0.1, 0.15) is 11.2 Å². The predicted octanol–water partition coefficient (Wildman–Crippen LogP) is 13.5. The molecule has 7 aromatic carbocycles. The van der Waals surface area contributed by atoms with Crippen molar-refractivity contribution in [3.8, 4) is 11.1 Å². The third-order valence-electron chi connectivity index (χ3n) is 9.17. The zero-order chi connectivity index (χ0) is 33.4. The fourth-order valence-corrected chi connectivity index (χ4v) is 6.74. The van der Waals surface area contributed by atoms with Gasteiger partial charge in [-0.2, -0.15) is 0 Å². The van der Waals surface area contributed by atoms with E-state index >= 15 is 0 Å². The molecule has 0 atom stereocenters. The van der Waals surface area contributed by atoms with Gasteiger partial charge in [-0.05, 0) is 83.3 Å². The molecule has 8 rings (SSSR count). The maximum absolute atomic E-state index is 6.45. The molecule has 0 saturated carbocycles. The Bertz CT molecular complexity index is 2320. The van der Waals surface area contributed by atoms with Crippen LogP contribution in [0.1, 0.15) is 26.3 Å². The van der Waals surface area contributed by atoms with E-state index in [-0.39, 0.29) is 5.41 Å². The lowest BCUT2D eigenvalue weighted by molar-refractivity contribution is 0.590. The molecule has 0 bridgehead atoms. The van der Waals surface area contributed by atoms with Crippen molar-refractivity contribution in [2.75, 3.05) is 9.80 Å². The van der Waals surface area contributed by atoms with Crippen LogP contribution >= 0.6 is 0 Å². The van der Waals surface area contributed by atoms with Crippen LogP contribution in [0.15, 0.2) is 180 Å². The second-order valence-corrected chi connectivity index (χ2v) is 13.5. The van der Waals surface area contributed by atoms with Crippen LogP contribution in [0, 0.1) is 0 Å². The summed E-state index contributed by atoms with van der Waals surface area (Å²) in [5.41, 5.74) is 11.6. The first kappa shape index (κ1) is 30.3. The largest absolute Gasteiger partial charge is 0.456 e. The molecule has 0 fully saturated rings. The topological polar surface area (TPSA) is 19.6 Å². The molecule has 0 amide bonds. The molecule has 0 saturated heterocycles. The van der Waals surface area contributed by atoms with E-state index in [0.717, 1.165) is 67.2 Å². The van der Waals surface area contributed by atoms with Gasteiger partial charge in [0, 0.05) is 45.2 Å². The maximum Gasteiger partial charge on any atom is 0.137 e. The third kappa shape index (κ3) is 5.74. The van der Waals surface area contributed by atoms with Gasteiger partial charge >= 0.3 is 0 Å². The Kier molecular flexibility index (Phi) is 7.74. The number of hydrogen-bond acceptors (Lipinski definition) is 3. The van der Waals surface area contributed by atoms with Crippen molar-refractivity contribution in [3.05, 3.63) is 181 Å². The Labute approximate surface area is 288 Å². The average molecular weight is 635 g/mol. The number of rotatable bonds is 7. The predicted molar refractivity (Wildman–Crippen MR) is 207 cm³/mol. The minimum Gasteiger partial charge on any atom is -0.456 e. The lowest BCUT2D eigenvalue weighted by atomic mass is 9.84. The minimum atomic E-state index is -0.136. The highest BCUT2D eigenvalue weighted by molar-refractivity contribution is 6.07. The van der Waals surface area contributed by atoms with E-state index < -0.39 is 0 Å². The number of fused-ring (bicyclic) bond motifs is 3. The van der Waals surface area contributed by atoms with E-state index in [1.165, 1.54) is 5.56 Å². The molecule has 0 radical (unpaired) electrons. The number of hydrogen-bond donors (Lipinski definition) is 0. The van der Waals surface area contributed by atoms with Gasteiger partial charge in [0.2, 0.25) is 0 Å². The summed E-state index contributed by atoms with van der Waals surface area (Å²) in [7, 11) is 0. The van der Waals surface area contributed by atoms with Crippen molar-refractivity contribution in [3.63, 3.8) is 0 Å². The van der Waals surface area contributed by atoms with E-state index in [1.807, 2.05) is 12.1 Å². The van der Waals surface area contributed by atoms with Gasteiger partial charge in [-0.1, -0.05) is 124 Å². The van der Waals surface area contributed by atoms with Gasteiger partial charge in [0.15, 0.2) is 0 Å². The molecule has 1 aromatic heterocycles. The lowest BCUT2D eigenvalue weighted by Crippen LogP contribution is -2.19. The van der Waals surface area contributed by atoms with Crippen LogP contribution < -0.4 is 9.80 Å². The normalized spacial score (nSPS) is 11.6. The van der Waals surface area contributed by atoms with Crippen molar-refractivity contribution in [1.29, 1.82) is 0 Å². The Hall–Kier alpha value is -6.06. The molecule has 1 heterocycles. The second-order valence-electron chi connectivity index (χ2n) is 13.5. The first-order valence-electron chi connectivity index (χ1n) is 16.9. The molecule has 238 valence electrons. The first-order chi connectivity index (χ1) is 24.0. The van der Waals surface area contributed by atoms with Gasteiger partial charge in [-0.15, -0.1) is 0 Å². The Morgan fingerprint density at radius 1 is 0.408 bits per heavy atom. The highest BCUT2D eigenvalue weighted by Gasteiger charge is 2.28. The van der Waals surface area contributed by atoms with E-state index in [4.69, 9.17) is 4.42 Å². The van der Waals surface area contributed by atoms with Crippen LogP contribution in [0.25, 0.3) is 33.1 Å². The Morgan fingerprint density at radius 2 is 0.857 bits per heavy atom. The van der Waals surface area contributed by atoms with E-state index in [2.05, 4.69) is 194 Å². The van der Waals surface area contributed by atoms with E-state index in [0.29, 0.717) is 0 Å². The summed E-state index contributed by atoms with van der Waals surface area (Å²) >= 11 is 0. The Balaban J connectivity index is 1.49. The van der Waals surface area contributed by atoms with Crippen molar-refractivity contribution in [2.24, 2.45) is 0 Å². The first-order valence-corrected chi connectivity index (χ1v) is 16.9. The van der Waals surface area contributed by atoms with Gasteiger partial charge in [-0.25, -0.2) is 0 Å². The van der Waals surface area contributed by atoms with Crippen molar-refractivity contribution >= 4 is 56.1 Å². The van der Waals surface area contributed by atoms with Crippen LogP contribution in [0.3, 0.4) is 0 Å². The van der Waals surface area contributed by atoms with Crippen LogP contribution in [-0.4, -0.2) is 0 Å². The van der Waals surface area contributed by atoms with Crippen LogP contribution in [0.4, 0.5) is 34.1 Å². The number of para-hydroxylation sites is 4. The van der Waals surface area contributed by atoms with Gasteiger partial charge in [0.05, 0.1) is 11.4 Å². The number of nitrogens with zero attached hydrogens (tertiary/aromatic N) is 2. The van der Waals surface area contributed by atoms with Gasteiger partial charge in [-0.3, -0.25) is 0 Å². The average Bonchev–Trinajstić information content (AvgIpc) is 3.51. The molecule has 3 heteroatoms. The standard InChI is InChI=1S/C46H38N2O/c1-46(2,3)34-30-41(47(35-20-10-5-11-21-35)36-22-12-6-13-23-36)45(33-18-8-4-9-19-33)42(31-34)48(37-24-14-7-15-25-37)38-28-29-40-39-26-16-17-27-43(39)49-44(40)32-38/h4-32H,1-3H3. The van der Waals surface area contributed by atoms with Crippen LogP contribution in [0.5, 0.6) is 0 Å². The summed E-state index contributed by atoms with van der Waals surface area (Å²) in [6.07, 6.45) is 0. The van der Waals surface area contributed by atoms with E-state index in [1.54, 1.807) is 0 Å². The monoisotopic (exact) mass is 634 g/mol. The second kappa shape index (κ2) is 12.5. The third-order valence-corrected chi connectivity index (χ3v) is 9.17. The molecule has 8 aromatic rings. The number of anilines is 6. The molecule has 0 N–H and O–H groups in total. The lowest BCUT2D eigenvalue weighted by Gasteiger charge is -2.35. The summed E-state index contributed by atoms with van der Waals surface area (Å²) in [4.78, 5) is 4.79. The van der Waals surface area contributed by atoms with Crippen molar-refractivity contribution in [2.45, 2.75) is 26.2 Å². The van der Waals surface area contributed by atoms with E-state index in [9.17, 15) is 0 Å². The zero-order valence-corrected chi connectivity index (χ0v) is 28.0.